The van der Waals surface area contributed by atoms with Gasteiger partial charge in [0.15, 0.2) is 5.79 Å². The van der Waals surface area contributed by atoms with E-state index in [0.717, 1.165) is 31.5 Å². The number of nitrogens with two attached hydrogens (primary N) is 1. The van der Waals surface area contributed by atoms with Crippen LogP contribution in [-0.4, -0.2) is 43.0 Å². The minimum atomic E-state index is -0.467. The van der Waals surface area contributed by atoms with E-state index in [1.165, 1.54) is 12.1 Å². The molecule has 2 heterocycles. The van der Waals surface area contributed by atoms with Crippen molar-refractivity contribution in [1.82, 2.24) is 4.90 Å². The lowest BCUT2D eigenvalue weighted by molar-refractivity contribution is -0.194. The van der Waals surface area contributed by atoms with Crippen molar-refractivity contribution >= 4 is 0 Å². The van der Waals surface area contributed by atoms with E-state index in [0.29, 0.717) is 13.2 Å². The molecule has 5 heteroatoms. The van der Waals surface area contributed by atoms with Crippen molar-refractivity contribution in [2.75, 3.05) is 26.3 Å². The van der Waals surface area contributed by atoms with Gasteiger partial charge in [0.2, 0.25) is 0 Å². The molecule has 0 bridgehead atoms. The summed E-state index contributed by atoms with van der Waals surface area (Å²) in [4.78, 5) is 2.31. The van der Waals surface area contributed by atoms with Gasteiger partial charge in [0, 0.05) is 18.5 Å². The van der Waals surface area contributed by atoms with Crippen LogP contribution in [0.25, 0.3) is 0 Å². The summed E-state index contributed by atoms with van der Waals surface area (Å²) in [7, 11) is 0. The number of hydrogen-bond donors (Lipinski definition) is 1. The first-order chi connectivity index (χ1) is 10.1. The zero-order valence-electron chi connectivity index (χ0n) is 12.4. The molecular formula is C16H23FN2O2. The van der Waals surface area contributed by atoms with Crippen molar-refractivity contribution in [3.05, 3.63) is 35.6 Å². The minimum Gasteiger partial charge on any atom is -0.346 e. The van der Waals surface area contributed by atoms with Crippen LogP contribution in [0.2, 0.25) is 0 Å². The van der Waals surface area contributed by atoms with Crippen LogP contribution >= 0.6 is 0 Å². The SMILES string of the molecule is CC(N)C(c1ccc(F)cc1)N1CCCC2(C1)OCCO2. The summed E-state index contributed by atoms with van der Waals surface area (Å²) in [5.41, 5.74) is 7.25. The first-order valence-electron chi connectivity index (χ1n) is 7.63. The normalized spacial score (nSPS) is 25.1. The molecule has 2 saturated heterocycles. The van der Waals surface area contributed by atoms with E-state index < -0.39 is 5.79 Å². The van der Waals surface area contributed by atoms with Gasteiger partial charge in [-0.1, -0.05) is 12.1 Å². The van der Waals surface area contributed by atoms with Crippen LogP contribution in [0.1, 0.15) is 31.4 Å². The van der Waals surface area contributed by atoms with E-state index >= 15 is 0 Å². The van der Waals surface area contributed by atoms with E-state index in [2.05, 4.69) is 4.90 Å². The van der Waals surface area contributed by atoms with Crippen LogP contribution in [0.5, 0.6) is 0 Å². The Hall–Kier alpha value is -1.01. The lowest BCUT2D eigenvalue weighted by Gasteiger charge is -2.43. The topological polar surface area (TPSA) is 47.7 Å². The highest BCUT2D eigenvalue weighted by atomic mass is 19.1. The smallest absolute Gasteiger partial charge is 0.181 e. The van der Waals surface area contributed by atoms with Gasteiger partial charge in [0.05, 0.1) is 19.8 Å². The van der Waals surface area contributed by atoms with Crippen molar-refractivity contribution in [2.45, 2.75) is 37.6 Å². The first-order valence-corrected chi connectivity index (χ1v) is 7.63. The summed E-state index contributed by atoms with van der Waals surface area (Å²) in [6.07, 6.45) is 1.95. The zero-order chi connectivity index (χ0) is 14.9. The van der Waals surface area contributed by atoms with Gasteiger partial charge in [-0.15, -0.1) is 0 Å². The number of halogens is 1. The fourth-order valence-electron chi connectivity index (χ4n) is 3.50. The molecule has 2 aliphatic heterocycles. The fourth-order valence-corrected chi connectivity index (χ4v) is 3.50. The van der Waals surface area contributed by atoms with Gasteiger partial charge in [0.25, 0.3) is 0 Å². The maximum atomic E-state index is 13.1. The second-order valence-corrected chi connectivity index (χ2v) is 6.04. The van der Waals surface area contributed by atoms with Crippen LogP contribution in [-0.2, 0) is 9.47 Å². The Morgan fingerprint density at radius 3 is 2.52 bits per heavy atom. The lowest BCUT2D eigenvalue weighted by Crippen LogP contribution is -2.52. The highest BCUT2D eigenvalue weighted by Gasteiger charge is 2.43. The number of ether oxygens (including phenoxy) is 2. The minimum absolute atomic E-state index is 0.0491. The molecule has 2 atom stereocenters. The number of nitrogens with zero attached hydrogens (tertiary/aromatic N) is 1. The number of piperidine rings is 1. The molecule has 2 fully saturated rings. The Labute approximate surface area is 125 Å². The van der Waals surface area contributed by atoms with E-state index in [4.69, 9.17) is 15.2 Å². The first kappa shape index (κ1) is 14.9. The summed E-state index contributed by atoms with van der Waals surface area (Å²) in [6.45, 7) is 4.99. The zero-order valence-corrected chi connectivity index (χ0v) is 12.4. The molecule has 0 saturated carbocycles. The van der Waals surface area contributed by atoms with Crippen LogP contribution in [0.3, 0.4) is 0 Å². The van der Waals surface area contributed by atoms with Crippen LogP contribution in [0, 0.1) is 5.82 Å². The van der Waals surface area contributed by atoms with Crippen LogP contribution in [0.15, 0.2) is 24.3 Å². The molecule has 0 radical (unpaired) electrons. The maximum absolute atomic E-state index is 13.1. The summed E-state index contributed by atoms with van der Waals surface area (Å²) in [6, 6.07) is 6.63. The van der Waals surface area contributed by atoms with Crippen molar-refractivity contribution < 1.29 is 13.9 Å². The predicted octanol–water partition coefficient (Wildman–Crippen LogP) is 2.05. The van der Waals surface area contributed by atoms with E-state index in [9.17, 15) is 4.39 Å². The molecule has 2 aliphatic rings. The van der Waals surface area contributed by atoms with Gasteiger partial charge >= 0.3 is 0 Å². The van der Waals surface area contributed by atoms with Crippen molar-refractivity contribution in [2.24, 2.45) is 5.73 Å². The quantitative estimate of drug-likeness (QED) is 0.927. The Balaban J connectivity index is 1.81. The number of benzene rings is 1. The second-order valence-electron chi connectivity index (χ2n) is 6.04. The molecule has 0 amide bonds. The van der Waals surface area contributed by atoms with Gasteiger partial charge in [-0.3, -0.25) is 4.90 Å². The predicted molar refractivity (Wildman–Crippen MR) is 78.2 cm³/mol. The molecule has 116 valence electrons. The fraction of sp³-hybridized carbons (Fsp3) is 0.625. The largest absolute Gasteiger partial charge is 0.346 e. The summed E-state index contributed by atoms with van der Waals surface area (Å²) in [5, 5.41) is 0. The van der Waals surface area contributed by atoms with Crippen molar-refractivity contribution in [3.63, 3.8) is 0 Å². The third-order valence-electron chi connectivity index (χ3n) is 4.36. The summed E-state index contributed by atoms with van der Waals surface area (Å²) >= 11 is 0. The Morgan fingerprint density at radius 2 is 1.90 bits per heavy atom. The van der Waals surface area contributed by atoms with Gasteiger partial charge in [-0.25, -0.2) is 4.39 Å². The molecule has 0 aromatic heterocycles. The molecule has 21 heavy (non-hydrogen) atoms. The third kappa shape index (κ3) is 3.11. The molecule has 1 aromatic rings. The monoisotopic (exact) mass is 294 g/mol. The van der Waals surface area contributed by atoms with Gasteiger partial charge < -0.3 is 15.2 Å². The van der Waals surface area contributed by atoms with Gasteiger partial charge in [-0.2, -0.15) is 0 Å². The van der Waals surface area contributed by atoms with E-state index in [-0.39, 0.29) is 17.9 Å². The molecule has 1 aromatic carbocycles. The standard InChI is InChI=1S/C16H23FN2O2/c1-12(18)15(13-3-5-14(17)6-4-13)19-8-2-7-16(11-19)20-9-10-21-16/h3-6,12,15H,2,7-11,18H2,1H3. The number of rotatable bonds is 3. The van der Waals surface area contributed by atoms with Crippen molar-refractivity contribution in [1.29, 1.82) is 0 Å². The molecule has 4 nitrogen and oxygen atoms in total. The highest BCUT2D eigenvalue weighted by Crippen LogP contribution is 2.35. The van der Waals surface area contributed by atoms with Gasteiger partial charge in [0.1, 0.15) is 5.82 Å². The average molecular weight is 294 g/mol. The summed E-state index contributed by atoms with van der Waals surface area (Å²) in [5.74, 6) is -0.689. The summed E-state index contributed by atoms with van der Waals surface area (Å²) < 4.78 is 24.8. The molecule has 1 spiro atoms. The molecule has 2 N–H and O–H groups in total. The van der Waals surface area contributed by atoms with Gasteiger partial charge in [-0.05, 0) is 37.6 Å². The third-order valence-corrected chi connectivity index (χ3v) is 4.36. The Morgan fingerprint density at radius 1 is 1.24 bits per heavy atom. The average Bonchev–Trinajstić information content (AvgIpc) is 2.89. The maximum Gasteiger partial charge on any atom is 0.181 e. The molecule has 2 unspecified atom stereocenters. The van der Waals surface area contributed by atoms with Crippen molar-refractivity contribution in [3.8, 4) is 0 Å². The Kier molecular flexibility index (Phi) is 4.26. The number of likely N-dealkylation sites (tertiary alicyclic amines) is 1. The van der Waals surface area contributed by atoms with Crippen LogP contribution in [0.4, 0.5) is 4.39 Å². The second kappa shape index (κ2) is 6.01. The molecular weight excluding hydrogens is 271 g/mol. The molecule has 0 aliphatic carbocycles. The Bertz CT molecular complexity index is 472. The number of hydrogen-bond acceptors (Lipinski definition) is 4. The molecule has 3 rings (SSSR count). The van der Waals surface area contributed by atoms with E-state index in [1.807, 2.05) is 19.1 Å². The lowest BCUT2D eigenvalue weighted by atomic mass is 9.95. The highest BCUT2D eigenvalue weighted by molar-refractivity contribution is 5.22. The van der Waals surface area contributed by atoms with Crippen LogP contribution < -0.4 is 5.73 Å². The van der Waals surface area contributed by atoms with E-state index in [1.54, 1.807) is 0 Å².